The minimum atomic E-state index is -1.76. The molecule has 4 heteroatoms. The summed E-state index contributed by atoms with van der Waals surface area (Å²) < 4.78 is 12.4. The molecule has 0 amide bonds. The van der Waals surface area contributed by atoms with Gasteiger partial charge in [0.15, 0.2) is 0 Å². The first kappa shape index (κ1) is 16.1. The lowest BCUT2D eigenvalue weighted by molar-refractivity contribution is 0.218. The lowest BCUT2D eigenvalue weighted by Crippen LogP contribution is -2.61. The molecule has 0 aromatic heterocycles. The first-order valence-corrected chi connectivity index (χ1v) is 12.8. The van der Waals surface area contributed by atoms with Crippen molar-refractivity contribution in [2.24, 2.45) is 0 Å². The average Bonchev–Trinajstić information content (AvgIpc) is 1.99. The first-order chi connectivity index (χ1) is 6.99. The Kier molecular flexibility index (Phi) is 5.65. The number of rotatable bonds is 6. The fraction of sp³-hybridized carbons (Fsp3) is 0.833. The lowest BCUT2D eigenvalue weighted by Gasteiger charge is -2.40. The summed E-state index contributed by atoms with van der Waals surface area (Å²) in [6, 6.07) is 0. The van der Waals surface area contributed by atoms with Crippen molar-refractivity contribution in [2.75, 3.05) is 0 Å². The molecule has 0 heterocycles. The topological polar surface area (TPSA) is 18.5 Å². The van der Waals surface area contributed by atoms with Crippen molar-refractivity contribution in [1.29, 1.82) is 0 Å². The van der Waals surface area contributed by atoms with E-state index < -0.39 is 15.7 Å². The van der Waals surface area contributed by atoms with Crippen molar-refractivity contribution in [3.63, 3.8) is 0 Å². The van der Waals surface area contributed by atoms with Crippen LogP contribution in [0.25, 0.3) is 0 Å². The Hall–Kier alpha value is 0.0938. The highest BCUT2D eigenvalue weighted by atomic mass is 29.3. The second-order valence-corrected chi connectivity index (χ2v) is 19.5. The summed E-state index contributed by atoms with van der Waals surface area (Å²) in [7, 11) is -3.49. The van der Waals surface area contributed by atoms with Crippen LogP contribution in [-0.4, -0.2) is 27.9 Å². The van der Waals surface area contributed by atoms with Crippen LogP contribution in [0.1, 0.15) is 27.7 Å². The van der Waals surface area contributed by atoms with Crippen molar-refractivity contribution in [3.8, 4) is 0 Å². The molecular weight excluding hydrogens is 232 g/mol. The third-order valence-electron chi connectivity index (χ3n) is 3.15. The SMILES string of the molecule is C=C(C)C(C)O[Si](C)(C)[Si](C)(C)OC(C)C. The van der Waals surface area contributed by atoms with E-state index in [0.29, 0.717) is 0 Å². The van der Waals surface area contributed by atoms with Crippen molar-refractivity contribution >= 4 is 15.7 Å². The second-order valence-electron chi connectivity index (χ2n) is 5.79. The van der Waals surface area contributed by atoms with Crippen LogP contribution >= 0.6 is 0 Å². The molecule has 0 aromatic carbocycles. The Morgan fingerprint density at radius 1 is 0.938 bits per heavy atom. The monoisotopic (exact) mass is 260 g/mol. The van der Waals surface area contributed by atoms with Crippen LogP contribution in [0.2, 0.25) is 26.2 Å². The van der Waals surface area contributed by atoms with Gasteiger partial charge in [-0.3, -0.25) is 0 Å². The van der Waals surface area contributed by atoms with Crippen molar-refractivity contribution < 1.29 is 8.85 Å². The summed E-state index contributed by atoms with van der Waals surface area (Å²) in [5, 5.41) is 0. The molecule has 1 atom stereocenters. The molecule has 0 aliphatic rings. The van der Waals surface area contributed by atoms with Gasteiger partial charge in [-0.25, -0.2) is 0 Å². The summed E-state index contributed by atoms with van der Waals surface area (Å²) in [5.74, 6) is 0. The largest absolute Gasteiger partial charge is 0.415 e. The Bertz CT molecular complexity index is 247. The van der Waals surface area contributed by atoms with Gasteiger partial charge >= 0.3 is 0 Å². The van der Waals surface area contributed by atoms with Gasteiger partial charge in [0.2, 0.25) is 15.7 Å². The van der Waals surface area contributed by atoms with E-state index in [2.05, 4.69) is 53.5 Å². The van der Waals surface area contributed by atoms with E-state index in [1.54, 1.807) is 0 Å². The average molecular weight is 261 g/mol. The minimum Gasteiger partial charge on any atom is -0.415 e. The highest BCUT2D eigenvalue weighted by molar-refractivity contribution is 7.35. The van der Waals surface area contributed by atoms with Gasteiger partial charge in [-0.05, 0) is 53.9 Å². The fourth-order valence-electron chi connectivity index (χ4n) is 1.42. The van der Waals surface area contributed by atoms with Crippen molar-refractivity contribution in [3.05, 3.63) is 12.2 Å². The minimum absolute atomic E-state index is 0.143. The molecule has 0 spiro atoms. The Balaban J connectivity index is 4.69. The Morgan fingerprint density at radius 3 is 1.62 bits per heavy atom. The molecule has 0 N–H and O–H groups in total. The van der Waals surface area contributed by atoms with E-state index in [9.17, 15) is 0 Å². The van der Waals surface area contributed by atoms with E-state index in [-0.39, 0.29) is 12.2 Å². The summed E-state index contributed by atoms with van der Waals surface area (Å²) in [6.07, 6.45) is 0.432. The molecule has 0 radical (unpaired) electrons. The molecule has 0 aliphatic heterocycles. The van der Waals surface area contributed by atoms with Gasteiger partial charge in [0.25, 0.3) is 0 Å². The van der Waals surface area contributed by atoms with Crippen LogP contribution in [0.5, 0.6) is 0 Å². The molecule has 0 fully saturated rings. The van der Waals surface area contributed by atoms with E-state index in [4.69, 9.17) is 8.85 Å². The molecular formula is C12H28O2Si2. The molecule has 16 heavy (non-hydrogen) atoms. The predicted molar refractivity (Wildman–Crippen MR) is 76.5 cm³/mol. The first-order valence-electron chi connectivity index (χ1n) is 6.00. The molecule has 96 valence electrons. The van der Waals surface area contributed by atoms with E-state index >= 15 is 0 Å². The van der Waals surface area contributed by atoms with Gasteiger partial charge < -0.3 is 8.85 Å². The van der Waals surface area contributed by atoms with E-state index in [1.165, 1.54) is 0 Å². The van der Waals surface area contributed by atoms with Crippen LogP contribution in [0.3, 0.4) is 0 Å². The number of hydrogen-bond donors (Lipinski definition) is 0. The Morgan fingerprint density at radius 2 is 1.31 bits per heavy atom. The smallest absolute Gasteiger partial charge is 0.205 e. The zero-order valence-electron chi connectivity index (χ0n) is 12.2. The van der Waals surface area contributed by atoms with Gasteiger partial charge in [0.05, 0.1) is 6.10 Å². The van der Waals surface area contributed by atoms with Crippen LogP contribution in [0, 0.1) is 0 Å². The van der Waals surface area contributed by atoms with Gasteiger partial charge in [-0.2, -0.15) is 0 Å². The third kappa shape index (κ3) is 4.53. The fourth-order valence-corrected chi connectivity index (χ4v) is 7.19. The summed E-state index contributed by atoms with van der Waals surface area (Å²) in [4.78, 5) is 0. The van der Waals surface area contributed by atoms with E-state index in [1.807, 2.05) is 6.92 Å². The molecule has 0 saturated heterocycles. The quantitative estimate of drug-likeness (QED) is 0.533. The molecule has 0 bridgehead atoms. The molecule has 0 aromatic rings. The van der Waals surface area contributed by atoms with Gasteiger partial charge in [0.1, 0.15) is 0 Å². The van der Waals surface area contributed by atoms with Crippen molar-refractivity contribution in [2.45, 2.75) is 66.1 Å². The highest BCUT2D eigenvalue weighted by Crippen LogP contribution is 2.25. The van der Waals surface area contributed by atoms with Gasteiger partial charge in [0, 0.05) is 6.10 Å². The molecule has 0 aliphatic carbocycles. The summed E-state index contributed by atoms with van der Waals surface area (Å²) in [5.41, 5.74) is 1.09. The van der Waals surface area contributed by atoms with Gasteiger partial charge in [-0.15, -0.1) is 0 Å². The Labute approximate surface area is 103 Å². The number of hydrogen-bond acceptors (Lipinski definition) is 2. The standard InChI is InChI=1S/C12H28O2Si2/c1-10(2)12(5)14-16(8,9)15(6,7)13-11(3)4/h11-12H,1H2,2-9H3. The van der Waals surface area contributed by atoms with Crippen LogP contribution in [-0.2, 0) is 8.85 Å². The zero-order valence-corrected chi connectivity index (χ0v) is 14.2. The predicted octanol–water partition coefficient (Wildman–Crippen LogP) is 3.88. The summed E-state index contributed by atoms with van der Waals surface area (Å²) >= 11 is 0. The maximum absolute atomic E-state index is 6.24. The van der Waals surface area contributed by atoms with Crippen LogP contribution < -0.4 is 0 Å². The van der Waals surface area contributed by atoms with E-state index in [0.717, 1.165) is 5.57 Å². The molecule has 1 unspecified atom stereocenters. The van der Waals surface area contributed by atoms with Crippen LogP contribution in [0.4, 0.5) is 0 Å². The molecule has 2 nitrogen and oxygen atoms in total. The maximum atomic E-state index is 6.24. The van der Waals surface area contributed by atoms with Gasteiger partial charge in [-0.1, -0.05) is 12.2 Å². The normalized spacial score (nSPS) is 15.3. The highest BCUT2D eigenvalue weighted by Gasteiger charge is 2.46. The second kappa shape index (κ2) is 5.62. The molecule has 0 saturated carbocycles. The maximum Gasteiger partial charge on any atom is 0.205 e. The molecule has 0 rings (SSSR count). The van der Waals surface area contributed by atoms with Crippen molar-refractivity contribution in [1.82, 2.24) is 0 Å². The third-order valence-corrected chi connectivity index (χ3v) is 17.5. The van der Waals surface area contributed by atoms with Crippen LogP contribution in [0.15, 0.2) is 12.2 Å². The zero-order chi connectivity index (χ0) is 13.1. The summed E-state index contributed by atoms with van der Waals surface area (Å²) in [6.45, 7) is 21.3. The lowest BCUT2D eigenvalue weighted by atomic mass is 10.2.